The molecule has 0 fully saturated rings. The quantitative estimate of drug-likeness (QED) is 0.491. The second-order valence-electron chi connectivity index (χ2n) is 3.30. The van der Waals surface area contributed by atoms with Crippen LogP contribution in [0.3, 0.4) is 0 Å². The van der Waals surface area contributed by atoms with Crippen LogP contribution in [-0.4, -0.2) is 4.57 Å². The van der Waals surface area contributed by atoms with Gasteiger partial charge in [-0.2, -0.15) is 5.10 Å². The summed E-state index contributed by atoms with van der Waals surface area (Å²) in [6.45, 7) is 4.46. The molecular weight excluding hydrogens is 218 g/mol. The number of benzene rings is 1. The Morgan fingerprint density at radius 3 is 2.75 bits per heavy atom. The van der Waals surface area contributed by atoms with Crippen molar-refractivity contribution in [2.75, 3.05) is 0 Å². The first-order chi connectivity index (χ1) is 7.86. The van der Waals surface area contributed by atoms with Gasteiger partial charge in [0.15, 0.2) is 0 Å². The summed E-state index contributed by atoms with van der Waals surface area (Å²) in [6.07, 6.45) is 1.84. The zero-order chi connectivity index (χ0) is 11.4. The number of hydrogen-bond donors (Lipinski definition) is 1. The lowest BCUT2D eigenvalue weighted by atomic mass is 10.2. The second kappa shape index (κ2) is 4.81. The van der Waals surface area contributed by atoms with Crippen LogP contribution in [0.1, 0.15) is 0 Å². The molecule has 1 heterocycles. The van der Waals surface area contributed by atoms with Crippen molar-refractivity contribution in [3.63, 3.8) is 0 Å². The lowest BCUT2D eigenvalue weighted by Crippen LogP contribution is -2.16. The third-order valence-electron chi connectivity index (χ3n) is 2.29. The molecule has 2 aromatic rings. The summed E-state index contributed by atoms with van der Waals surface area (Å²) in [5, 5.41) is 5.83. The zero-order valence-electron chi connectivity index (χ0n) is 8.84. The highest BCUT2D eigenvalue weighted by Gasteiger charge is 2.05. The van der Waals surface area contributed by atoms with Crippen LogP contribution in [0.25, 0.3) is 11.3 Å². The van der Waals surface area contributed by atoms with Crippen molar-refractivity contribution in [2.45, 2.75) is 6.54 Å². The van der Waals surface area contributed by atoms with E-state index in [9.17, 15) is 0 Å². The van der Waals surface area contributed by atoms with E-state index in [4.69, 9.17) is 5.84 Å². The molecule has 4 heteroatoms. The van der Waals surface area contributed by atoms with E-state index < -0.39 is 0 Å². The Morgan fingerprint density at radius 1 is 1.38 bits per heavy atom. The van der Waals surface area contributed by atoms with Crippen molar-refractivity contribution in [3.05, 3.63) is 53.2 Å². The molecule has 0 bridgehead atoms. The first-order valence-electron chi connectivity index (χ1n) is 4.95. The van der Waals surface area contributed by atoms with Gasteiger partial charge in [0.2, 0.25) is 4.80 Å². The minimum absolute atomic E-state index is 0.712. The highest BCUT2D eigenvalue weighted by atomic mass is 32.1. The van der Waals surface area contributed by atoms with Gasteiger partial charge >= 0.3 is 0 Å². The number of nitrogens with two attached hydrogens (primary N) is 1. The molecule has 0 aliphatic carbocycles. The van der Waals surface area contributed by atoms with Crippen molar-refractivity contribution in [2.24, 2.45) is 10.9 Å². The molecule has 0 saturated carbocycles. The van der Waals surface area contributed by atoms with E-state index in [1.807, 2.05) is 28.8 Å². The highest BCUT2D eigenvalue weighted by Crippen LogP contribution is 2.19. The predicted molar refractivity (Wildman–Crippen MR) is 67.7 cm³/mol. The average molecular weight is 231 g/mol. The third kappa shape index (κ3) is 1.92. The highest BCUT2D eigenvalue weighted by molar-refractivity contribution is 7.07. The fraction of sp³-hybridized carbons (Fsp3) is 0.0833. The molecule has 2 rings (SSSR count). The van der Waals surface area contributed by atoms with E-state index in [0.29, 0.717) is 6.54 Å². The SMILES string of the molecule is C=CCn1c(-c2ccccc2)cs/c1=N\N. The first-order valence-corrected chi connectivity index (χ1v) is 5.83. The normalized spacial score (nSPS) is 11.6. The minimum Gasteiger partial charge on any atom is -0.320 e. The van der Waals surface area contributed by atoms with Gasteiger partial charge in [-0.05, 0) is 5.56 Å². The topological polar surface area (TPSA) is 43.3 Å². The second-order valence-corrected chi connectivity index (χ2v) is 4.13. The van der Waals surface area contributed by atoms with Gasteiger partial charge in [-0.15, -0.1) is 17.9 Å². The minimum atomic E-state index is 0.712. The van der Waals surface area contributed by atoms with E-state index >= 15 is 0 Å². The molecule has 0 aliphatic heterocycles. The Morgan fingerprint density at radius 2 is 2.12 bits per heavy atom. The molecule has 2 N–H and O–H groups in total. The van der Waals surface area contributed by atoms with Gasteiger partial charge in [-0.3, -0.25) is 0 Å². The number of rotatable bonds is 3. The summed E-state index contributed by atoms with van der Waals surface area (Å²) in [6, 6.07) is 10.2. The van der Waals surface area contributed by atoms with E-state index in [-0.39, 0.29) is 0 Å². The summed E-state index contributed by atoms with van der Waals surface area (Å²) in [5.74, 6) is 5.35. The molecule has 82 valence electrons. The van der Waals surface area contributed by atoms with Crippen LogP contribution in [0.4, 0.5) is 0 Å². The van der Waals surface area contributed by atoms with Crippen LogP contribution in [0.5, 0.6) is 0 Å². The maximum Gasteiger partial charge on any atom is 0.208 e. The van der Waals surface area contributed by atoms with Crippen molar-refractivity contribution in [1.82, 2.24) is 4.57 Å². The van der Waals surface area contributed by atoms with Crippen molar-refractivity contribution in [1.29, 1.82) is 0 Å². The van der Waals surface area contributed by atoms with Crippen molar-refractivity contribution < 1.29 is 0 Å². The lowest BCUT2D eigenvalue weighted by molar-refractivity contribution is 0.788. The van der Waals surface area contributed by atoms with Gasteiger partial charge in [0.1, 0.15) is 0 Å². The monoisotopic (exact) mass is 231 g/mol. The molecule has 0 saturated heterocycles. The molecule has 0 radical (unpaired) electrons. The van der Waals surface area contributed by atoms with E-state index in [1.54, 1.807) is 0 Å². The molecule has 1 aromatic heterocycles. The van der Waals surface area contributed by atoms with Crippen LogP contribution in [0.2, 0.25) is 0 Å². The fourth-order valence-corrected chi connectivity index (χ4v) is 2.42. The van der Waals surface area contributed by atoms with E-state index in [2.05, 4.69) is 29.2 Å². The van der Waals surface area contributed by atoms with Crippen molar-refractivity contribution >= 4 is 11.3 Å². The number of nitrogens with zero attached hydrogens (tertiary/aromatic N) is 2. The molecule has 0 aliphatic rings. The Labute approximate surface area is 98.2 Å². The Balaban J connectivity index is 2.58. The van der Waals surface area contributed by atoms with Crippen molar-refractivity contribution in [3.8, 4) is 11.3 Å². The van der Waals surface area contributed by atoms with E-state index in [1.165, 1.54) is 11.3 Å². The lowest BCUT2D eigenvalue weighted by Gasteiger charge is -2.05. The van der Waals surface area contributed by atoms with E-state index in [0.717, 1.165) is 16.1 Å². The summed E-state index contributed by atoms with van der Waals surface area (Å²) in [7, 11) is 0. The van der Waals surface area contributed by atoms with Gasteiger partial charge in [0.25, 0.3) is 0 Å². The number of thiazole rings is 1. The van der Waals surface area contributed by atoms with Crippen LogP contribution < -0.4 is 10.6 Å². The molecule has 1 aromatic carbocycles. The largest absolute Gasteiger partial charge is 0.320 e. The smallest absolute Gasteiger partial charge is 0.208 e. The Hall–Kier alpha value is -1.81. The van der Waals surface area contributed by atoms with Gasteiger partial charge in [-0.1, -0.05) is 36.4 Å². The first kappa shape index (κ1) is 10.7. The molecule has 0 unspecified atom stereocenters. The number of hydrogen-bond acceptors (Lipinski definition) is 3. The molecule has 0 atom stereocenters. The van der Waals surface area contributed by atoms with Crippen LogP contribution in [0.15, 0.2) is 53.5 Å². The summed E-state index contributed by atoms with van der Waals surface area (Å²) < 4.78 is 2.05. The zero-order valence-corrected chi connectivity index (χ0v) is 9.65. The van der Waals surface area contributed by atoms with Gasteiger partial charge in [0.05, 0.1) is 5.69 Å². The third-order valence-corrected chi connectivity index (χ3v) is 3.17. The standard InChI is InChI=1S/C12H13N3S/c1-2-8-15-11(9-16-12(15)14-13)10-6-4-3-5-7-10/h2-7,9H,1,8,13H2/b14-12-. The fourth-order valence-electron chi connectivity index (χ4n) is 1.58. The predicted octanol–water partition coefficient (Wildman–Crippen LogP) is 2.18. The molecule has 0 amide bonds. The van der Waals surface area contributed by atoms with Gasteiger partial charge in [0, 0.05) is 11.9 Å². The number of aromatic nitrogens is 1. The molecule has 16 heavy (non-hydrogen) atoms. The maximum atomic E-state index is 5.35. The Bertz CT molecular complexity index is 537. The average Bonchev–Trinajstić information content (AvgIpc) is 2.74. The molecule has 0 spiro atoms. The summed E-state index contributed by atoms with van der Waals surface area (Å²) in [5.41, 5.74) is 2.28. The van der Waals surface area contributed by atoms with Crippen LogP contribution in [0, 0.1) is 0 Å². The maximum absolute atomic E-state index is 5.35. The summed E-state index contributed by atoms with van der Waals surface area (Å²) >= 11 is 1.53. The van der Waals surface area contributed by atoms with Crippen LogP contribution >= 0.6 is 11.3 Å². The Kier molecular flexibility index (Phi) is 3.22. The molecular formula is C12H13N3S. The molecule has 3 nitrogen and oxygen atoms in total. The van der Waals surface area contributed by atoms with Gasteiger partial charge in [-0.25, -0.2) is 0 Å². The van der Waals surface area contributed by atoms with Gasteiger partial charge < -0.3 is 10.4 Å². The summed E-state index contributed by atoms with van der Waals surface area (Å²) in [4.78, 5) is 0.804. The van der Waals surface area contributed by atoms with Crippen LogP contribution in [-0.2, 0) is 6.54 Å². The number of allylic oxidation sites excluding steroid dienone is 1.